The number of anilines is 1. The standard InChI is InChI=1S/C13H13ClN2O2S/c1-9-3-4-10(2)12(7-9)16-19(17,18)11-5-6-15-13(14)8-11/h3-8,16H,1-2H3. The summed E-state index contributed by atoms with van der Waals surface area (Å²) < 4.78 is 27.0. The van der Waals surface area contributed by atoms with E-state index in [1.54, 1.807) is 6.07 Å². The molecular weight excluding hydrogens is 284 g/mol. The fourth-order valence-electron chi connectivity index (χ4n) is 1.60. The predicted octanol–water partition coefficient (Wildman–Crippen LogP) is 3.15. The molecule has 0 aliphatic carbocycles. The number of halogens is 1. The van der Waals surface area contributed by atoms with Gasteiger partial charge in [-0.3, -0.25) is 4.72 Å². The van der Waals surface area contributed by atoms with Gasteiger partial charge in [0.05, 0.1) is 10.6 Å². The summed E-state index contributed by atoms with van der Waals surface area (Å²) in [4.78, 5) is 3.86. The van der Waals surface area contributed by atoms with Gasteiger partial charge in [0.1, 0.15) is 5.15 Å². The van der Waals surface area contributed by atoms with Crippen molar-refractivity contribution in [2.75, 3.05) is 4.72 Å². The number of nitrogens with zero attached hydrogens (tertiary/aromatic N) is 1. The number of aromatic nitrogens is 1. The molecule has 2 aromatic rings. The number of aryl methyl sites for hydroxylation is 2. The molecule has 19 heavy (non-hydrogen) atoms. The molecule has 0 radical (unpaired) electrons. The lowest BCUT2D eigenvalue weighted by molar-refractivity contribution is 0.601. The maximum absolute atomic E-state index is 12.2. The molecule has 1 heterocycles. The zero-order valence-electron chi connectivity index (χ0n) is 10.5. The van der Waals surface area contributed by atoms with Gasteiger partial charge in [0.2, 0.25) is 0 Å². The van der Waals surface area contributed by atoms with Crippen molar-refractivity contribution < 1.29 is 8.42 Å². The van der Waals surface area contributed by atoms with Gasteiger partial charge < -0.3 is 0 Å². The number of pyridine rings is 1. The van der Waals surface area contributed by atoms with Gasteiger partial charge in [-0.2, -0.15) is 0 Å². The van der Waals surface area contributed by atoms with E-state index in [9.17, 15) is 8.42 Å². The van der Waals surface area contributed by atoms with Crippen molar-refractivity contribution in [2.24, 2.45) is 0 Å². The Kier molecular flexibility index (Phi) is 3.78. The lowest BCUT2D eigenvalue weighted by Crippen LogP contribution is -2.14. The summed E-state index contributed by atoms with van der Waals surface area (Å²) in [6.45, 7) is 3.75. The molecule has 0 unspecified atom stereocenters. The molecule has 1 N–H and O–H groups in total. The van der Waals surface area contributed by atoms with Gasteiger partial charge in [-0.25, -0.2) is 13.4 Å². The molecule has 0 saturated heterocycles. The van der Waals surface area contributed by atoms with Crippen molar-refractivity contribution in [1.29, 1.82) is 0 Å². The number of sulfonamides is 1. The first-order valence-electron chi connectivity index (χ1n) is 5.60. The molecule has 0 aliphatic heterocycles. The molecule has 0 spiro atoms. The Labute approximate surface area is 117 Å². The molecule has 0 atom stereocenters. The van der Waals surface area contributed by atoms with Gasteiger partial charge in [-0.1, -0.05) is 23.7 Å². The first-order chi connectivity index (χ1) is 8.88. The first kappa shape index (κ1) is 13.8. The van der Waals surface area contributed by atoms with Crippen molar-refractivity contribution >= 4 is 27.3 Å². The topological polar surface area (TPSA) is 59.1 Å². The van der Waals surface area contributed by atoms with E-state index in [1.165, 1.54) is 18.3 Å². The summed E-state index contributed by atoms with van der Waals surface area (Å²) in [5.41, 5.74) is 2.40. The SMILES string of the molecule is Cc1ccc(C)c(NS(=O)(=O)c2ccnc(Cl)c2)c1. The van der Waals surface area contributed by atoms with Gasteiger partial charge in [0.25, 0.3) is 10.0 Å². The highest BCUT2D eigenvalue weighted by atomic mass is 35.5. The van der Waals surface area contributed by atoms with E-state index >= 15 is 0 Å². The van der Waals surface area contributed by atoms with Crippen molar-refractivity contribution in [2.45, 2.75) is 18.7 Å². The Bertz CT molecular complexity index is 714. The van der Waals surface area contributed by atoms with E-state index < -0.39 is 10.0 Å². The van der Waals surface area contributed by atoms with Crippen LogP contribution in [0.25, 0.3) is 0 Å². The predicted molar refractivity (Wildman–Crippen MR) is 76.0 cm³/mol. The van der Waals surface area contributed by atoms with Crippen LogP contribution in [0.15, 0.2) is 41.4 Å². The van der Waals surface area contributed by atoms with E-state index in [1.807, 2.05) is 26.0 Å². The molecule has 0 amide bonds. The second-order valence-corrected chi connectivity index (χ2v) is 6.31. The average molecular weight is 297 g/mol. The van der Waals surface area contributed by atoms with Crippen LogP contribution in [-0.2, 0) is 10.0 Å². The number of rotatable bonds is 3. The molecule has 6 heteroatoms. The molecular formula is C13H13ClN2O2S. The van der Waals surface area contributed by atoms with Crippen LogP contribution in [0.4, 0.5) is 5.69 Å². The molecule has 0 saturated carbocycles. The number of benzene rings is 1. The molecule has 0 fully saturated rings. The normalized spacial score (nSPS) is 11.3. The Balaban J connectivity index is 2.39. The van der Waals surface area contributed by atoms with E-state index in [-0.39, 0.29) is 10.0 Å². The van der Waals surface area contributed by atoms with Gasteiger partial charge in [-0.05, 0) is 43.2 Å². The van der Waals surface area contributed by atoms with Crippen molar-refractivity contribution in [3.05, 3.63) is 52.8 Å². The third kappa shape index (κ3) is 3.24. The number of nitrogens with one attached hydrogen (secondary N) is 1. The largest absolute Gasteiger partial charge is 0.279 e. The molecule has 100 valence electrons. The second kappa shape index (κ2) is 5.19. The summed E-state index contributed by atoms with van der Waals surface area (Å²) in [5.74, 6) is 0. The fraction of sp³-hybridized carbons (Fsp3) is 0.154. The van der Waals surface area contributed by atoms with E-state index in [2.05, 4.69) is 9.71 Å². The summed E-state index contributed by atoms with van der Waals surface area (Å²) in [6, 6.07) is 8.30. The summed E-state index contributed by atoms with van der Waals surface area (Å²) in [6.07, 6.45) is 1.36. The second-order valence-electron chi connectivity index (χ2n) is 4.24. The maximum Gasteiger partial charge on any atom is 0.262 e. The highest BCUT2D eigenvalue weighted by Gasteiger charge is 2.15. The van der Waals surface area contributed by atoms with E-state index in [0.29, 0.717) is 5.69 Å². The monoisotopic (exact) mass is 296 g/mol. The van der Waals surface area contributed by atoms with Crippen molar-refractivity contribution in [1.82, 2.24) is 4.98 Å². The molecule has 1 aromatic heterocycles. The molecule has 0 aliphatic rings. The number of hydrogen-bond acceptors (Lipinski definition) is 3. The summed E-state index contributed by atoms with van der Waals surface area (Å²) >= 11 is 5.71. The first-order valence-corrected chi connectivity index (χ1v) is 7.46. The minimum atomic E-state index is -3.65. The highest BCUT2D eigenvalue weighted by molar-refractivity contribution is 7.92. The van der Waals surface area contributed by atoms with Crippen molar-refractivity contribution in [3.63, 3.8) is 0 Å². The minimum absolute atomic E-state index is 0.0911. The van der Waals surface area contributed by atoms with E-state index in [0.717, 1.165) is 11.1 Å². The van der Waals surface area contributed by atoms with Gasteiger partial charge in [0, 0.05) is 6.20 Å². The third-order valence-electron chi connectivity index (χ3n) is 2.65. The number of hydrogen-bond donors (Lipinski definition) is 1. The highest BCUT2D eigenvalue weighted by Crippen LogP contribution is 2.21. The van der Waals surface area contributed by atoms with Gasteiger partial charge >= 0.3 is 0 Å². The Morgan fingerprint density at radius 1 is 1.16 bits per heavy atom. The van der Waals surface area contributed by atoms with E-state index in [4.69, 9.17) is 11.6 Å². The van der Waals surface area contributed by atoms with Crippen LogP contribution in [0, 0.1) is 13.8 Å². The molecule has 1 aromatic carbocycles. The average Bonchev–Trinajstić information content (AvgIpc) is 2.33. The van der Waals surface area contributed by atoms with Gasteiger partial charge in [-0.15, -0.1) is 0 Å². The quantitative estimate of drug-likeness (QED) is 0.885. The van der Waals surface area contributed by atoms with Crippen LogP contribution in [-0.4, -0.2) is 13.4 Å². The van der Waals surface area contributed by atoms with Crippen LogP contribution in [0.3, 0.4) is 0 Å². The zero-order chi connectivity index (χ0) is 14.0. The Hall–Kier alpha value is -1.59. The molecule has 2 rings (SSSR count). The summed E-state index contributed by atoms with van der Waals surface area (Å²) in [5, 5.41) is 0.142. The third-order valence-corrected chi connectivity index (χ3v) is 4.22. The van der Waals surface area contributed by atoms with Crippen LogP contribution in [0.1, 0.15) is 11.1 Å². The Morgan fingerprint density at radius 3 is 2.58 bits per heavy atom. The Morgan fingerprint density at radius 2 is 1.89 bits per heavy atom. The van der Waals surface area contributed by atoms with Crippen LogP contribution in [0.5, 0.6) is 0 Å². The lowest BCUT2D eigenvalue weighted by atomic mass is 10.1. The molecule has 4 nitrogen and oxygen atoms in total. The van der Waals surface area contributed by atoms with Crippen LogP contribution >= 0.6 is 11.6 Å². The van der Waals surface area contributed by atoms with Gasteiger partial charge in [0.15, 0.2) is 0 Å². The lowest BCUT2D eigenvalue weighted by Gasteiger charge is -2.11. The molecule has 0 bridgehead atoms. The zero-order valence-corrected chi connectivity index (χ0v) is 12.1. The van der Waals surface area contributed by atoms with Crippen LogP contribution < -0.4 is 4.72 Å². The van der Waals surface area contributed by atoms with Crippen LogP contribution in [0.2, 0.25) is 5.15 Å². The van der Waals surface area contributed by atoms with Crippen molar-refractivity contribution in [3.8, 4) is 0 Å². The fourth-order valence-corrected chi connectivity index (χ4v) is 2.97. The summed E-state index contributed by atoms with van der Waals surface area (Å²) in [7, 11) is -3.65. The maximum atomic E-state index is 12.2. The minimum Gasteiger partial charge on any atom is -0.279 e. The smallest absolute Gasteiger partial charge is 0.262 e.